The molecule has 2 aromatic carbocycles. The Labute approximate surface area is 176 Å². The number of aryl methyl sites for hydroxylation is 1. The van der Waals surface area contributed by atoms with E-state index in [9.17, 15) is 4.79 Å². The summed E-state index contributed by atoms with van der Waals surface area (Å²) in [5.41, 5.74) is 3.05. The van der Waals surface area contributed by atoms with Crippen molar-refractivity contribution in [1.29, 1.82) is 0 Å². The number of hydrogen-bond donors (Lipinski definition) is 0. The van der Waals surface area contributed by atoms with Gasteiger partial charge in [-0.3, -0.25) is 4.79 Å². The van der Waals surface area contributed by atoms with Gasteiger partial charge in [0.2, 0.25) is 17.6 Å². The summed E-state index contributed by atoms with van der Waals surface area (Å²) < 4.78 is 10.4. The van der Waals surface area contributed by atoms with E-state index in [1.807, 2.05) is 48.2 Å². The summed E-state index contributed by atoms with van der Waals surface area (Å²) in [5.74, 6) is 2.19. The minimum atomic E-state index is 0.155. The van der Waals surface area contributed by atoms with E-state index in [4.69, 9.17) is 9.26 Å². The molecule has 156 valence electrons. The molecule has 2 heterocycles. The lowest BCUT2D eigenvalue weighted by Gasteiger charge is -2.36. The first-order valence-electron chi connectivity index (χ1n) is 10.2. The van der Waals surface area contributed by atoms with Gasteiger partial charge in [0.15, 0.2) is 0 Å². The molecule has 30 heavy (non-hydrogen) atoms. The van der Waals surface area contributed by atoms with Gasteiger partial charge in [0.05, 0.1) is 13.5 Å². The maximum Gasteiger partial charge on any atom is 0.227 e. The average molecular weight is 406 g/mol. The van der Waals surface area contributed by atoms with Crippen molar-refractivity contribution in [2.24, 2.45) is 0 Å². The standard InChI is InChI=1S/C23H26N4O3/c1-3-21-24-23(25-30-21)18-7-9-19(10-8-18)26-11-13-27(14-12-26)22(28)16-17-5-4-6-20(15-17)29-2/h4-10,15H,3,11-14,16H2,1-2H3. The third-order valence-corrected chi connectivity index (χ3v) is 5.38. The Hall–Kier alpha value is -3.35. The predicted molar refractivity (Wildman–Crippen MR) is 115 cm³/mol. The Morgan fingerprint density at radius 1 is 1.10 bits per heavy atom. The summed E-state index contributed by atoms with van der Waals surface area (Å²) in [6, 6.07) is 15.9. The number of methoxy groups -OCH3 is 1. The second-order valence-corrected chi connectivity index (χ2v) is 7.31. The number of piperazine rings is 1. The van der Waals surface area contributed by atoms with Gasteiger partial charge >= 0.3 is 0 Å². The molecule has 1 fully saturated rings. The predicted octanol–water partition coefficient (Wildman–Crippen LogP) is 3.20. The molecule has 7 heteroatoms. The van der Waals surface area contributed by atoms with Gasteiger partial charge in [-0.05, 0) is 42.0 Å². The summed E-state index contributed by atoms with van der Waals surface area (Å²) in [6.45, 7) is 5.04. The molecule has 0 bridgehead atoms. The van der Waals surface area contributed by atoms with E-state index < -0.39 is 0 Å². The van der Waals surface area contributed by atoms with Crippen LogP contribution in [-0.2, 0) is 17.6 Å². The van der Waals surface area contributed by atoms with Gasteiger partial charge in [0, 0.05) is 43.9 Å². The second-order valence-electron chi connectivity index (χ2n) is 7.31. The van der Waals surface area contributed by atoms with Gasteiger partial charge in [-0.25, -0.2) is 0 Å². The average Bonchev–Trinajstić information content (AvgIpc) is 3.29. The zero-order valence-electron chi connectivity index (χ0n) is 17.4. The topological polar surface area (TPSA) is 71.7 Å². The number of carbonyl (C=O) groups excluding carboxylic acids is 1. The van der Waals surface area contributed by atoms with Crippen LogP contribution in [0.5, 0.6) is 5.75 Å². The van der Waals surface area contributed by atoms with Crippen LogP contribution in [0.25, 0.3) is 11.4 Å². The second kappa shape index (κ2) is 8.98. The van der Waals surface area contributed by atoms with Crippen LogP contribution in [0.2, 0.25) is 0 Å². The summed E-state index contributed by atoms with van der Waals surface area (Å²) in [6.07, 6.45) is 1.13. The molecule has 0 atom stereocenters. The molecule has 0 spiro atoms. The van der Waals surface area contributed by atoms with E-state index in [0.717, 1.165) is 55.2 Å². The monoisotopic (exact) mass is 406 g/mol. The Morgan fingerprint density at radius 3 is 2.53 bits per heavy atom. The quantitative estimate of drug-likeness (QED) is 0.626. The van der Waals surface area contributed by atoms with Crippen molar-refractivity contribution in [3.05, 3.63) is 60.0 Å². The number of nitrogens with zero attached hydrogens (tertiary/aromatic N) is 4. The first-order valence-corrected chi connectivity index (χ1v) is 10.2. The number of anilines is 1. The van der Waals surface area contributed by atoms with E-state index in [1.165, 1.54) is 0 Å². The maximum absolute atomic E-state index is 12.7. The molecule has 0 N–H and O–H groups in total. The molecule has 1 aliphatic heterocycles. The van der Waals surface area contributed by atoms with E-state index in [0.29, 0.717) is 18.1 Å². The maximum atomic E-state index is 12.7. The molecule has 1 aromatic heterocycles. The minimum absolute atomic E-state index is 0.155. The number of amides is 1. The SMILES string of the molecule is CCc1nc(-c2ccc(N3CCN(C(=O)Cc4cccc(OC)c4)CC3)cc2)no1. The van der Waals surface area contributed by atoms with E-state index in [-0.39, 0.29) is 5.91 Å². The Balaban J connectivity index is 1.33. The third-order valence-electron chi connectivity index (χ3n) is 5.38. The van der Waals surface area contributed by atoms with Gasteiger partial charge in [0.25, 0.3) is 0 Å². The van der Waals surface area contributed by atoms with Crippen molar-refractivity contribution < 1.29 is 14.1 Å². The number of hydrogen-bond acceptors (Lipinski definition) is 6. The number of rotatable bonds is 6. The first-order chi connectivity index (χ1) is 14.7. The molecule has 3 aromatic rings. The number of benzene rings is 2. The van der Waals surface area contributed by atoms with E-state index >= 15 is 0 Å². The van der Waals surface area contributed by atoms with Crippen LogP contribution in [-0.4, -0.2) is 54.2 Å². The molecular formula is C23H26N4O3. The lowest BCUT2D eigenvalue weighted by Crippen LogP contribution is -2.49. The van der Waals surface area contributed by atoms with Crippen molar-refractivity contribution >= 4 is 11.6 Å². The largest absolute Gasteiger partial charge is 0.497 e. The normalized spacial score (nSPS) is 14.1. The summed E-state index contributed by atoms with van der Waals surface area (Å²) in [5, 5.41) is 4.02. The van der Waals surface area contributed by atoms with Crippen LogP contribution in [0.1, 0.15) is 18.4 Å². The van der Waals surface area contributed by atoms with E-state index in [1.54, 1.807) is 7.11 Å². The highest BCUT2D eigenvalue weighted by Crippen LogP contribution is 2.23. The van der Waals surface area contributed by atoms with Crippen molar-refractivity contribution in [2.75, 3.05) is 38.2 Å². The molecule has 7 nitrogen and oxygen atoms in total. The van der Waals surface area contributed by atoms with Crippen LogP contribution in [0.3, 0.4) is 0 Å². The fraction of sp³-hybridized carbons (Fsp3) is 0.348. The number of ether oxygens (including phenoxy) is 1. The van der Waals surface area contributed by atoms with Crippen molar-refractivity contribution in [1.82, 2.24) is 15.0 Å². The fourth-order valence-corrected chi connectivity index (χ4v) is 3.62. The zero-order chi connectivity index (χ0) is 20.9. The first kappa shape index (κ1) is 19.9. The van der Waals surface area contributed by atoms with Gasteiger partial charge in [-0.2, -0.15) is 4.98 Å². The lowest BCUT2D eigenvalue weighted by atomic mass is 10.1. The smallest absolute Gasteiger partial charge is 0.227 e. The zero-order valence-corrected chi connectivity index (χ0v) is 17.4. The highest BCUT2D eigenvalue weighted by molar-refractivity contribution is 5.79. The van der Waals surface area contributed by atoms with E-state index in [2.05, 4.69) is 27.2 Å². The molecular weight excluding hydrogens is 380 g/mol. The Bertz CT molecular complexity index is 992. The van der Waals surface area contributed by atoms with Crippen LogP contribution in [0, 0.1) is 0 Å². The summed E-state index contributed by atoms with van der Waals surface area (Å²) in [4.78, 5) is 21.3. The molecule has 0 radical (unpaired) electrons. The molecule has 1 amide bonds. The van der Waals surface area contributed by atoms with Crippen LogP contribution >= 0.6 is 0 Å². The van der Waals surface area contributed by atoms with Crippen LogP contribution in [0.4, 0.5) is 5.69 Å². The van der Waals surface area contributed by atoms with Crippen molar-refractivity contribution in [2.45, 2.75) is 19.8 Å². The summed E-state index contributed by atoms with van der Waals surface area (Å²) >= 11 is 0. The van der Waals surface area contributed by atoms with Gasteiger partial charge in [-0.15, -0.1) is 0 Å². The summed E-state index contributed by atoms with van der Waals surface area (Å²) in [7, 11) is 1.64. The molecule has 1 aliphatic rings. The van der Waals surface area contributed by atoms with Crippen LogP contribution < -0.4 is 9.64 Å². The van der Waals surface area contributed by atoms with Crippen molar-refractivity contribution in [3.8, 4) is 17.1 Å². The highest BCUT2D eigenvalue weighted by Gasteiger charge is 2.21. The highest BCUT2D eigenvalue weighted by atomic mass is 16.5. The number of aromatic nitrogens is 2. The van der Waals surface area contributed by atoms with Gasteiger partial charge in [0.1, 0.15) is 5.75 Å². The molecule has 4 rings (SSSR count). The Kier molecular flexibility index (Phi) is 5.97. The lowest BCUT2D eigenvalue weighted by molar-refractivity contribution is -0.130. The van der Waals surface area contributed by atoms with Crippen LogP contribution in [0.15, 0.2) is 53.1 Å². The van der Waals surface area contributed by atoms with Gasteiger partial charge in [-0.1, -0.05) is 24.2 Å². The molecule has 0 saturated carbocycles. The number of carbonyl (C=O) groups is 1. The van der Waals surface area contributed by atoms with Crippen molar-refractivity contribution in [3.63, 3.8) is 0 Å². The Morgan fingerprint density at radius 2 is 1.87 bits per heavy atom. The minimum Gasteiger partial charge on any atom is -0.497 e. The fourth-order valence-electron chi connectivity index (χ4n) is 3.62. The molecule has 0 aliphatic carbocycles. The van der Waals surface area contributed by atoms with Gasteiger partial charge < -0.3 is 19.1 Å². The molecule has 1 saturated heterocycles. The third kappa shape index (κ3) is 4.45. The molecule has 0 unspecified atom stereocenters.